The van der Waals surface area contributed by atoms with Gasteiger partial charge in [0.1, 0.15) is 16.5 Å². The third-order valence-electron chi connectivity index (χ3n) is 5.53. The Labute approximate surface area is 169 Å². The molecule has 7 heteroatoms. The van der Waals surface area contributed by atoms with Crippen LogP contribution in [0.5, 0.6) is 11.6 Å². The molecule has 2 N–H and O–H groups in total. The molecule has 0 amide bonds. The summed E-state index contributed by atoms with van der Waals surface area (Å²) in [5.41, 5.74) is 1.19. The molecule has 0 unspecified atom stereocenters. The molecule has 150 valence electrons. The molecular weight excluding hydrogens is 372 g/mol. The third-order valence-corrected chi connectivity index (χ3v) is 6.61. The highest BCUT2D eigenvalue weighted by Gasteiger charge is 2.37. The first-order valence-electron chi connectivity index (χ1n) is 10.1. The first-order valence-corrected chi connectivity index (χ1v) is 10.9. The summed E-state index contributed by atoms with van der Waals surface area (Å²) >= 11 is 1.55. The van der Waals surface area contributed by atoms with Gasteiger partial charge in [0, 0.05) is 17.4 Å². The number of fused-ring (bicyclic) bond motifs is 1. The van der Waals surface area contributed by atoms with Crippen molar-refractivity contribution in [3.8, 4) is 11.6 Å². The van der Waals surface area contributed by atoms with Gasteiger partial charge >= 0.3 is 0 Å². The number of piperidine rings is 1. The van der Waals surface area contributed by atoms with Gasteiger partial charge in [-0.1, -0.05) is 25.2 Å². The van der Waals surface area contributed by atoms with Crippen molar-refractivity contribution in [1.29, 1.82) is 0 Å². The highest BCUT2D eigenvalue weighted by atomic mass is 32.1. The summed E-state index contributed by atoms with van der Waals surface area (Å²) < 4.78 is 7.20. The van der Waals surface area contributed by atoms with Gasteiger partial charge in [-0.3, -0.25) is 0 Å². The predicted octanol–water partition coefficient (Wildman–Crippen LogP) is 2.85. The summed E-state index contributed by atoms with van der Waals surface area (Å²) in [7, 11) is 0. The van der Waals surface area contributed by atoms with Gasteiger partial charge in [-0.05, 0) is 44.5 Å². The number of aromatic nitrogens is 3. The van der Waals surface area contributed by atoms with Crippen molar-refractivity contribution in [2.45, 2.75) is 40.2 Å². The van der Waals surface area contributed by atoms with Gasteiger partial charge in [-0.15, -0.1) is 5.10 Å². The molecule has 0 spiro atoms. The number of nitrogens with one attached hydrogen (secondary N) is 1. The number of hydrogen-bond acceptors (Lipinski definition) is 5. The maximum atomic E-state index is 11.0. The maximum absolute atomic E-state index is 11.0. The molecule has 1 aliphatic rings. The predicted molar refractivity (Wildman–Crippen MR) is 110 cm³/mol. The second kappa shape index (κ2) is 7.72. The molecule has 3 heterocycles. The highest BCUT2D eigenvalue weighted by molar-refractivity contribution is 7.17. The number of aromatic hydroxyl groups is 1. The van der Waals surface area contributed by atoms with E-state index in [1.807, 2.05) is 26.0 Å². The summed E-state index contributed by atoms with van der Waals surface area (Å²) in [6.45, 7) is 11.3. The molecule has 1 fully saturated rings. The summed E-state index contributed by atoms with van der Waals surface area (Å²) in [6, 6.07) is 8.38. The standard InChI is InChI=1S/C21H28N4O2S/c1-5-27-17-8-6-16(7-9-17)18(24-11-13(2)10-14(3)12-24)19-20(26)25-21(28-19)22-15(4)23-25/h6-9,13-14,18,26H,5,10-12H2,1-4H3/p+1/t13-,14-,18+/m0/s1. The molecule has 0 radical (unpaired) electrons. The quantitative estimate of drug-likeness (QED) is 0.690. The average Bonchev–Trinajstić information content (AvgIpc) is 3.14. The maximum Gasteiger partial charge on any atom is 0.235 e. The van der Waals surface area contributed by atoms with Crippen LogP contribution in [0.2, 0.25) is 0 Å². The van der Waals surface area contributed by atoms with E-state index in [1.54, 1.807) is 15.9 Å². The van der Waals surface area contributed by atoms with E-state index in [-0.39, 0.29) is 11.9 Å². The summed E-state index contributed by atoms with van der Waals surface area (Å²) in [5.74, 6) is 3.10. The molecule has 3 aromatic rings. The number of likely N-dealkylation sites (tertiary alicyclic amines) is 1. The van der Waals surface area contributed by atoms with E-state index >= 15 is 0 Å². The minimum Gasteiger partial charge on any atom is -0.494 e. The Hall–Kier alpha value is -2.12. The number of thiazole rings is 1. The molecule has 0 saturated carbocycles. The number of quaternary nitrogens is 1. The van der Waals surface area contributed by atoms with E-state index in [2.05, 4.69) is 36.1 Å². The van der Waals surface area contributed by atoms with Gasteiger partial charge in [0.2, 0.25) is 10.8 Å². The van der Waals surface area contributed by atoms with E-state index in [0.29, 0.717) is 24.3 Å². The Morgan fingerprint density at radius 1 is 1.25 bits per heavy atom. The van der Waals surface area contributed by atoms with Crippen molar-refractivity contribution >= 4 is 16.3 Å². The van der Waals surface area contributed by atoms with E-state index < -0.39 is 0 Å². The minimum atomic E-state index is 0.0645. The van der Waals surface area contributed by atoms with Crippen LogP contribution < -0.4 is 9.64 Å². The van der Waals surface area contributed by atoms with Crippen LogP contribution in [-0.4, -0.2) is 39.4 Å². The number of rotatable bonds is 5. The zero-order valence-corrected chi connectivity index (χ0v) is 17.8. The van der Waals surface area contributed by atoms with Crippen molar-refractivity contribution in [1.82, 2.24) is 14.6 Å². The largest absolute Gasteiger partial charge is 0.494 e. The molecule has 28 heavy (non-hydrogen) atoms. The Morgan fingerprint density at radius 2 is 1.93 bits per heavy atom. The summed E-state index contributed by atoms with van der Waals surface area (Å²) in [6.07, 6.45) is 1.26. The zero-order valence-electron chi connectivity index (χ0n) is 17.0. The number of nitrogens with zero attached hydrogens (tertiary/aromatic N) is 3. The van der Waals surface area contributed by atoms with Crippen molar-refractivity contribution in [2.24, 2.45) is 11.8 Å². The highest BCUT2D eigenvalue weighted by Crippen LogP contribution is 2.36. The molecular formula is C21H29N4O2S+. The van der Waals surface area contributed by atoms with Gasteiger partial charge in [0.05, 0.1) is 19.7 Å². The number of ether oxygens (including phenoxy) is 1. The Kier molecular flexibility index (Phi) is 5.29. The fourth-order valence-corrected chi connectivity index (χ4v) is 5.79. The lowest BCUT2D eigenvalue weighted by Gasteiger charge is -2.37. The Morgan fingerprint density at radius 3 is 2.54 bits per heavy atom. The monoisotopic (exact) mass is 401 g/mol. The second-order valence-electron chi connectivity index (χ2n) is 8.09. The molecule has 6 nitrogen and oxygen atoms in total. The van der Waals surface area contributed by atoms with Gasteiger partial charge < -0.3 is 14.7 Å². The van der Waals surface area contributed by atoms with Crippen molar-refractivity contribution < 1.29 is 14.7 Å². The average molecular weight is 402 g/mol. The van der Waals surface area contributed by atoms with E-state index in [4.69, 9.17) is 4.74 Å². The lowest BCUT2D eigenvalue weighted by Crippen LogP contribution is -3.14. The van der Waals surface area contributed by atoms with Crippen molar-refractivity contribution in [3.63, 3.8) is 0 Å². The molecule has 3 atom stereocenters. The van der Waals surface area contributed by atoms with Crippen molar-refractivity contribution in [3.05, 3.63) is 40.5 Å². The van der Waals surface area contributed by atoms with Gasteiger partial charge in [-0.2, -0.15) is 4.52 Å². The molecule has 0 bridgehead atoms. The van der Waals surface area contributed by atoms with E-state index in [1.165, 1.54) is 16.9 Å². The third kappa shape index (κ3) is 3.61. The lowest BCUT2D eigenvalue weighted by atomic mass is 9.89. The van der Waals surface area contributed by atoms with Crippen LogP contribution >= 0.6 is 11.3 Å². The topological polar surface area (TPSA) is 64.1 Å². The fraction of sp³-hybridized carbons (Fsp3) is 0.524. The molecule has 2 aromatic heterocycles. The normalized spacial score (nSPS) is 23.8. The number of aryl methyl sites for hydroxylation is 1. The molecule has 0 aliphatic carbocycles. The van der Waals surface area contributed by atoms with Gasteiger partial charge in [0.25, 0.3) is 0 Å². The smallest absolute Gasteiger partial charge is 0.235 e. The Bertz CT molecular complexity index is 939. The summed E-state index contributed by atoms with van der Waals surface area (Å²) in [4.78, 5) is 7.65. The Balaban J connectivity index is 1.78. The first-order chi connectivity index (χ1) is 13.5. The van der Waals surface area contributed by atoms with Crippen LogP contribution in [-0.2, 0) is 0 Å². The van der Waals surface area contributed by atoms with Crippen LogP contribution in [0.3, 0.4) is 0 Å². The first kappa shape index (κ1) is 19.2. The molecule has 1 aliphatic heterocycles. The number of hydrogen-bond donors (Lipinski definition) is 2. The van der Waals surface area contributed by atoms with Crippen LogP contribution in [0.4, 0.5) is 0 Å². The zero-order chi connectivity index (χ0) is 19.8. The van der Waals surface area contributed by atoms with Crippen LogP contribution in [0, 0.1) is 18.8 Å². The molecule has 1 aromatic carbocycles. The SMILES string of the molecule is CCOc1ccc([C@H](c2sc3nc(C)nn3c2O)[NH+]2C[C@@H](C)C[C@H](C)C2)cc1. The summed E-state index contributed by atoms with van der Waals surface area (Å²) in [5, 5.41) is 15.3. The van der Waals surface area contributed by atoms with Gasteiger partial charge in [0.15, 0.2) is 6.04 Å². The lowest BCUT2D eigenvalue weighted by molar-refractivity contribution is -0.936. The van der Waals surface area contributed by atoms with Crippen LogP contribution in [0.15, 0.2) is 24.3 Å². The number of benzene rings is 1. The van der Waals surface area contributed by atoms with E-state index in [9.17, 15) is 5.11 Å². The fourth-order valence-electron chi connectivity index (χ4n) is 4.60. The second-order valence-corrected chi connectivity index (χ2v) is 9.10. The van der Waals surface area contributed by atoms with Crippen LogP contribution in [0.25, 0.3) is 4.96 Å². The van der Waals surface area contributed by atoms with Crippen molar-refractivity contribution in [2.75, 3.05) is 19.7 Å². The minimum absolute atomic E-state index is 0.0645. The molecule has 4 rings (SSSR count). The van der Waals surface area contributed by atoms with E-state index in [0.717, 1.165) is 28.7 Å². The van der Waals surface area contributed by atoms with Gasteiger partial charge in [-0.25, -0.2) is 4.98 Å². The van der Waals surface area contributed by atoms with Crippen LogP contribution in [0.1, 0.15) is 49.5 Å². The molecule has 1 saturated heterocycles.